The maximum absolute atomic E-state index is 11.6. The highest BCUT2D eigenvalue weighted by Gasteiger charge is 2.03. The zero-order chi connectivity index (χ0) is 13.9. The highest BCUT2D eigenvalue weighted by Crippen LogP contribution is 2.15. The van der Waals surface area contributed by atoms with Crippen molar-refractivity contribution in [2.75, 3.05) is 6.61 Å². The largest absolute Gasteiger partial charge is 0.494 e. The summed E-state index contributed by atoms with van der Waals surface area (Å²) in [6, 6.07) is 7.51. The third-order valence-corrected chi connectivity index (χ3v) is 3.24. The number of Topliss-reactive ketones (excluding diaryl/α,β-unsaturated/α-hetero) is 1. The smallest absolute Gasteiger partial charge is 0.162 e. The first kappa shape index (κ1) is 15.7. The molecule has 0 aliphatic heterocycles. The molecule has 0 unspecified atom stereocenters. The van der Waals surface area contributed by atoms with Gasteiger partial charge >= 0.3 is 0 Å². The van der Waals surface area contributed by atoms with Crippen LogP contribution in [-0.4, -0.2) is 12.4 Å². The van der Waals surface area contributed by atoms with Crippen LogP contribution < -0.4 is 4.74 Å². The van der Waals surface area contributed by atoms with Crippen LogP contribution in [0.5, 0.6) is 5.75 Å². The van der Waals surface area contributed by atoms with Crippen molar-refractivity contribution in [1.29, 1.82) is 0 Å². The Morgan fingerprint density at radius 1 is 1.05 bits per heavy atom. The first-order valence-electron chi connectivity index (χ1n) is 7.54. The van der Waals surface area contributed by atoms with E-state index in [4.69, 9.17) is 4.74 Å². The summed E-state index contributed by atoms with van der Waals surface area (Å²) in [6.07, 6.45) is 8.11. The molecular weight excluding hydrogens is 236 g/mol. The summed E-state index contributed by atoms with van der Waals surface area (Å²) in [5.74, 6) is 0.984. The number of hydrogen-bond acceptors (Lipinski definition) is 2. The minimum absolute atomic E-state index is 0.171. The van der Waals surface area contributed by atoms with Crippen molar-refractivity contribution in [3.63, 3.8) is 0 Å². The van der Waals surface area contributed by atoms with E-state index < -0.39 is 0 Å². The van der Waals surface area contributed by atoms with Gasteiger partial charge in [-0.1, -0.05) is 58.1 Å². The third-order valence-electron chi connectivity index (χ3n) is 3.24. The Morgan fingerprint density at radius 2 is 1.79 bits per heavy atom. The van der Waals surface area contributed by atoms with Crippen LogP contribution in [0.2, 0.25) is 0 Å². The van der Waals surface area contributed by atoms with Crippen LogP contribution in [-0.2, 0) is 0 Å². The van der Waals surface area contributed by atoms with Gasteiger partial charge in [0.15, 0.2) is 5.78 Å². The first-order chi connectivity index (χ1) is 9.27. The normalized spacial score (nSPS) is 10.4. The molecule has 2 heteroatoms. The second-order valence-corrected chi connectivity index (χ2v) is 4.92. The standard InChI is InChI=1S/C17H26O2/c1-3-5-6-7-8-9-13-19-16-12-10-11-15(14-16)17(18)4-2/h10-12,14H,3-9,13H2,1-2H3. The van der Waals surface area contributed by atoms with Crippen LogP contribution in [0.4, 0.5) is 0 Å². The number of carbonyl (C=O) groups excluding carboxylic acids is 1. The van der Waals surface area contributed by atoms with Gasteiger partial charge in [0.05, 0.1) is 6.61 Å². The summed E-state index contributed by atoms with van der Waals surface area (Å²) in [4.78, 5) is 11.6. The molecule has 2 nitrogen and oxygen atoms in total. The molecule has 0 amide bonds. The second-order valence-electron chi connectivity index (χ2n) is 4.92. The van der Waals surface area contributed by atoms with Crippen LogP contribution in [0.1, 0.15) is 69.2 Å². The SMILES string of the molecule is CCCCCCCCOc1cccc(C(=O)CC)c1. The van der Waals surface area contributed by atoms with Gasteiger partial charge in [-0.25, -0.2) is 0 Å². The van der Waals surface area contributed by atoms with Crippen LogP contribution in [0.25, 0.3) is 0 Å². The lowest BCUT2D eigenvalue weighted by Gasteiger charge is -2.07. The van der Waals surface area contributed by atoms with E-state index in [1.165, 1.54) is 32.1 Å². The lowest BCUT2D eigenvalue weighted by atomic mass is 10.1. The minimum atomic E-state index is 0.171. The maximum atomic E-state index is 11.6. The zero-order valence-electron chi connectivity index (χ0n) is 12.3. The van der Waals surface area contributed by atoms with Gasteiger partial charge in [-0.2, -0.15) is 0 Å². The highest BCUT2D eigenvalue weighted by atomic mass is 16.5. The second kappa shape index (κ2) is 9.60. The molecule has 0 aromatic heterocycles. The van der Waals surface area contributed by atoms with Gasteiger partial charge in [0.2, 0.25) is 0 Å². The summed E-state index contributed by atoms with van der Waals surface area (Å²) in [5, 5.41) is 0. The predicted molar refractivity (Wildman–Crippen MR) is 79.9 cm³/mol. The molecule has 0 spiro atoms. The van der Waals surface area contributed by atoms with Gasteiger partial charge in [0, 0.05) is 12.0 Å². The van der Waals surface area contributed by atoms with Crippen LogP contribution in [0, 0.1) is 0 Å². The number of unbranched alkanes of at least 4 members (excludes halogenated alkanes) is 5. The molecule has 0 atom stereocenters. The van der Waals surface area contributed by atoms with Gasteiger partial charge in [-0.3, -0.25) is 4.79 Å². The van der Waals surface area contributed by atoms with E-state index in [1.807, 2.05) is 31.2 Å². The minimum Gasteiger partial charge on any atom is -0.494 e. The lowest BCUT2D eigenvalue weighted by molar-refractivity contribution is 0.0987. The molecule has 0 radical (unpaired) electrons. The van der Waals surface area contributed by atoms with Gasteiger partial charge in [-0.15, -0.1) is 0 Å². The quantitative estimate of drug-likeness (QED) is 0.437. The molecule has 0 bridgehead atoms. The number of hydrogen-bond donors (Lipinski definition) is 0. The molecule has 19 heavy (non-hydrogen) atoms. The van der Waals surface area contributed by atoms with Crippen molar-refractivity contribution in [3.8, 4) is 5.75 Å². The average molecular weight is 262 g/mol. The summed E-state index contributed by atoms with van der Waals surface area (Å²) in [5.41, 5.74) is 0.753. The molecule has 0 aliphatic rings. The molecule has 1 rings (SSSR count). The Bertz CT molecular complexity index is 371. The first-order valence-corrected chi connectivity index (χ1v) is 7.54. The molecule has 106 valence electrons. The van der Waals surface area contributed by atoms with Crippen molar-refractivity contribution in [1.82, 2.24) is 0 Å². The molecule has 1 aromatic carbocycles. The summed E-state index contributed by atoms with van der Waals surface area (Å²) in [7, 11) is 0. The van der Waals surface area contributed by atoms with Crippen LogP contribution in [0.3, 0.4) is 0 Å². The van der Waals surface area contributed by atoms with Crippen LogP contribution in [0.15, 0.2) is 24.3 Å². The Hall–Kier alpha value is -1.31. The Labute approximate surface area is 117 Å². The molecule has 0 N–H and O–H groups in total. The number of rotatable bonds is 10. The van der Waals surface area contributed by atoms with Crippen molar-refractivity contribution in [3.05, 3.63) is 29.8 Å². The van der Waals surface area contributed by atoms with Gasteiger partial charge < -0.3 is 4.74 Å². The predicted octanol–water partition coefficient (Wildman–Crippen LogP) is 5.02. The number of carbonyl (C=O) groups is 1. The Balaban J connectivity index is 2.24. The molecule has 0 saturated heterocycles. The monoisotopic (exact) mass is 262 g/mol. The van der Waals surface area contributed by atoms with Crippen molar-refractivity contribution >= 4 is 5.78 Å². The molecule has 0 fully saturated rings. The Morgan fingerprint density at radius 3 is 2.53 bits per heavy atom. The van der Waals surface area contributed by atoms with Crippen molar-refractivity contribution in [2.24, 2.45) is 0 Å². The average Bonchev–Trinajstić information content (AvgIpc) is 2.46. The number of benzene rings is 1. The van der Waals surface area contributed by atoms with Crippen molar-refractivity contribution in [2.45, 2.75) is 58.8 Å². The Kier molecular flexibility index (Phi) is 7.95. The molecular formula is C17H26O2. The molecule has 0 saturated carbocycles. The lowest BCUT2D eigenvalue weighted by Crippen LogP contribution is -2.00. The third kappa shape index (κ3) is 6.42. The fourth-order valence-corrected chi connectivity index (χ4v) is 2.04. The van der Waals surface area contributed by atoms with Gasteiger partial charge in [0.1, 0.15) is 5.75 Å². The number of ether oxygens (including phenoxy) is 1. The zero-order valence-corrected chi connectivity index (χ0v) is 12.3. The van der Waals surface area contributed by atoms with E-state index in [9.17, 15) is 4.79 Å². The van der Waals surface area contributed by atoms with Crippen molar-refractivity contribution < 1.29 is 9.53 Å². The van der Waals surface area contributed by atoms with E-state index in [2.05, 4.69) is 6.92 Å². The van der Waals surface area contributed by atoms with E-state index in [0.717, 1.165) is 24.3 Å². The fourth-order valence-electron chi connectivity index (χ4n) is 2.04. The van der Waals surface area contributed by atoms with E-state index >= 15 is 0 Å². The molecule has 0 aliphatic carbocycles. The highest BCUT2D eigenvalue weighted by molar-refractivity contribution is 5.96. The molecule has 1 aromatic rings. The van der Waals surface area contributed by atoms with E-state index in [0.29, 0.717) is 6.42 Å². The topological polar surface area (TPSA) is 26.3 Å². The van der Waals surface area contributed by atoms with Crippen LogP contribution >= 0.6 is 0 Å². The van der Waals surface area contributed by atoms with E-state index in [-0.39, 0.29) is 5.78 Å². The van der Waals surface area contributed by atoms with Gasteiger partial charge in [0.25, 0.3) is 0 Å². The van der Waals surface area contributed by atoms with Gasteiger partial charge in [-0.05, 0) is 18.6 Å². The summed E-state index contributed by atoms with van der Waals surface area (Å²) >= 11 is 0. The fraction of sp³-hybridized carbons (Fsp3) is 0.588. The maximum Gasteiger partial charge on any atom is 0.162 e. The summed E-state index contributed by atoms with van der Waals surface area (Å²) in [6.45, 7) is 4.86. The summed E-state index contributed by atoms with van der Waals surface area (Å²) < 4.78 is 5.70. The molecule has 0 heterocycles. The van der Waals surface area contributed by atoms with E-state index in [1.54, 1.807) is 0 Å². The number of ketones is 1.